The normalized spacial score (nSPS) is 12.0. The summed E-state index contributed by atoms with van der Waals surface area (Å²) in [6.07, 6.45) is 0. The van der Waals surface area contributed by atoms with Gasteiger partial charge in [0.05, 0.1) is 5.69 Å². The Morgan fingerprint density at radius 3 is 2.75 bits per heavy atom. The largest absolute Gasteiger partial charge is 0.396 e. The Morgan fingerprint density at radius 2 is 2.15 bits per heavy atom. The Kier molecular flexibility index (Phi) is 4.33. The molecule has 0 atom stereocenters. The molecule has 1 aromatic heterocycles. The molecule has 20 heavy (non-hydrogen) atoms. The molecule has 108 valence electrons. The van der Waals surface area contributed by atoms with Crippen molar-refractivity contribution in [3.8, 4) is 0 Å². The van der Waals surface area contributed by atoms with E-state index in [1.54, 1.807) is 6.07 Å². The number of hydrogen-bond acceptors (Lipinski definition) is 4. The standard InChI is InChI=1S/C12H12ClFN2O2S2/c1-16(6-8-2-3-19-7-8)20(17,18)11-5-9(13)4-10(15)12(11)14/h2-5,7H,6,15H2,1H3. The van der Waals surface area contributed by atoms with Crippen molar-refractivity contribution in [3.05, 3.63) is 45.4 Å². The van der Waals surface area contributed by atoms with Crippen molar-refractivity contribution in [3.63, 3.8) is 0 Å². The second-order valence-corrected chi connectivity index (χ2v) is 7.43. The molecule has 0 radical (unpaired) electrons. The summed E-state index contributed by atoms with van der Waals surface area (Å²) in [6.45, 7) is 0.150. The lowest BCUT2D eigenvalue weighted by Crippen LogP contribution is -2.27. The quantitative estimate of drug-likeness (QED) is 0.874. The fourth-order valence-electron chi connectivity index (χ4n) is 1.66. The van der Waals surface area contributed by atoms with Gasteiger partial charge in [0, 0.05) is 18.6 Å². The minimum atomic E-state index is -3.99. The highest BCUT2D eigenvalue weighted by Crippen LogP contribution is 2.27. The Hall–Kier alpha value is -1.15. The Bertz CT molecular complexity index is 717. The van der Waals surface area contributed by atoms with E-state index < -0.39 is 20.7 Å². The predicted molar refractivity (Wildman–Crippen MR) is 78.8 cm³/mol. The van der Waals surface area contributed by atoms with Crippen molar-refractivity contribution in [2.24, 2.45) is 0 Å². The number of nitrogens with two attached hydrogens (primary N) is 1. The first-order chi connectivity index (χ1) is 9.32. The molecular weight excluding hydrogens is 323 g/mol. The van der Waals surface area contributed by atoms with Crippen LogP contribution in [0.15, 0.2) is 33.9 Å². The van der Waals surface area contributed by atoms with Crippen molar-refractivity contribution in [2.45, 2.75) is 11.4 Å². The van der Waals surface area contributed by atoms with Crippen LogP contribution in [0.25, 0.3) is 0 Å². The van der Waals surface area contributed by atoms with Gasteiger partial charge in [-0.2, -0.15) is 15.6 Å². The van der Waals surface area contributed by atoms with Gasteiger partial charge in [0.15, 0.2) is 5.82 Å². The first kappa shape index (κ1) is 15.2. The van der Waals surface area contributed by atoms with Crippen LogP contribution < -0.4 is 5.73 Å². The van der Waals surface area contributed by atoms with Crippen molar-refractivity contribution in [1.82, 2.24) is 4.31 Å². The van der Waals surface area contributed by atoms with Crippen LogP contribution in [0.1, 0.15) is 5.56 Å². The van der Waals surface area contributed by atoms with Crippen LogP contribution in [-0.4, -0.2) is 19.8 Å². The molecule has 2 N–H and O–H groups in total. The maximum Gasteiger partial charge on any atom is 0.246 e. The molecule has 0 amide bonds. The van der Waals surface area contributed by atoms with E-state index in [1.165, 1.54) is 24.5 Å². The lowest BCUT2D eigenvalue weighted by molar-refractivity contribution is 0.460. The molecule has 0 saturated heterocycles. The smallest absolute Gasteiger partial charge is 0.246 e. The highest BCUT2D eigenvalue weighted by Gasteiger charge is 2.26. The van der Waals surface area contributed by atoms with Gasteiger partial charge >= 0.3 is 0 Å². The van der Waals surface area contributed by atoms with Crippen molar-refractivity contribution in [1.29, 1.82) is 0 Å². The summed E-state index contributed by atoms with van der Waals surface area (Å²) in [5.41, 5.74) is 5.95. The van der Waals surface area contributed by atoms with E-state index >= 15 is 0 Å². The van der Waals surface area contributed by atoms with E-state index in [0.717, 1.165) is 15.9 Å². The number of thiophene rings is 1. The molecule has 0 saturated carbocycles. The molecule has 2 aromatic rings. The summed E-state index contributed by atoms with van der Waals surface area (Å²) in [4.78, 5) is -0.514. The highest BCUT2D eigenvalue weighted by atomic mass is 35.5. The summed E-state index contributed by atoms with van der Waals surface area (Å²) in [5.74, 6) is -0.980. The Balaban J connectivity index is 2.40. The number of nitrogen functional groups attached to an aromatic ring is 1. The monoisotopic (exact) mass is 334 g/mol. The Labute approximate surface area is 125 Å². The number of rotatable bonds is 4. The minimum Gasteiger partial charge on any atom is -0.396 e. The SMILES string of the molecule is CN(Cc1ccsc1)S(=O)(=O)c1cc(Cl)cc(N)c1F. The van der Waals surface area contributed by atoms with E-state index in [1.807, 2.05) is 10.8 Å². The van der Waals surface area contributed by atoms with Gasteiger partial charge in [-0.1, -0.05) is 11.6 Å². The van der Waals surface area contributed by atoms with Gasteiger partial charge in [-0.05, 0) is 34.5 Å². The maximum absolute atomic E-state index is 13.9. The molecule has 1 aromatic carbocycles. The number of nitrogens with zero attached hydrogens (tertiary/aromatic N) is 1. The second kappa shape index (κ2) is 5.69. The lowest BCUT2D eigenvalue weighted by Gasteiger charge is -2.17. The highest BCUT2D eigenvalue weighted by molar-refractivity contribution is 7.89. The fourth-order valence-corrected chi connectivity index (χ4v) is 3.89. The molecule has 1 heterocycles. The Morgan fingerprint density at radius 1 is 1.45 bits per heavy atom. The topological polar surface area (TPSA) is 63.4 Å². The first-order valence-electron chi connectivity index (χ1n) is 5.54. The predicted octanol–water partition coefficient (Wildman–Crippen LogP) is 2.94. The molecule has 4 nitrogen and oxygen atoms in total. The minimum absolute atomic E-state index is 0.0754. The van der Waals surface area contributed by atoms with Gasteiger partial charge in [0.25, 0.3) is 0 Å². The van der Waals surface area contributed by atoms with Gasteiger partial charge in [-0.3, -0.25) is 0 Å². The molecule has 0 unspecified atom stereocenters. The number of sulfonamides is 1. The van der Waals surface area contributed by atoms with Gasteiger partial charge < -0.3 is 5.73 Å². The number of halogens is 2. The maximum atomic E-state index is 13.9. The van der Waals surface area contributed by atoms with E-state index in [4.69, 9.17) is 17.3 Å². The van der Waals surface area contributed by atoms with Crippen LogP contribution in [0.4, 0.5) is 10.1 Å². The summed E-state index contributed by atoms with van der Waals surface area (Å²) in [5, 5.41) is 3.74. The van der Waals surface area contributed by atoms with Crippen molar-refractivity contribution < 1.29 is 12.8 Å². The van der Waals surface area contributed by atoms with Crippen molar-refractivity contribution >= 4 is 38.6 Å². The van der Waals surface area contributed by atoms with Crippen LogP contribution in [0.3, 0.4) is 0 Å². The molecule has 0 aliphatic rings. The zero-order chi connectivity index (χ0) is 14.9. The van der Waals surface area contributed by atoms with Crippen molar-refractivity contribution in [2.75, 3.05) is 12.8 Å². The molecule has 8 heteroatoms. The summed E-state index contributed by atoms with van der Waals surface area (Å²) >= 11 is 7.21. The average Bonchev–Trinajstić information content (AvgIpc) is 2.86. The fraction of sp³-hybridized carbons (Fsp3) is 0.167. The van der Waals surface area contributed by atoms with Gasteiger partial charge in [0.2, 0.25) is 10.0 Å². The van der Waals surface area contributed by atoms with Crippen LogP contribution >= 0.6 is 22.9 Å². The lowest BCUT2D eigenvalue weighted by atomic mass is 10.3. The molecule has 0 aliphatic heterocycles. The average molecular weight is 335 g/mol. The molecule has 0 spiro atoms. The molecule has 2 rings (SSSR count). The van der Waals surface area contributed by atoms with Crippen LogP contribution in [0.2, 0.25) is 5.02 Å². The third-order valence-electron chi connectivity index (χ3n) is 2.71. The van der Waals surface area contributed by atoms with E-state index in [-0.39, 0.29) is 17.3 Å². The zero-order valence-corrected chi connectivity index (χ0v) is 12.9. The van der Waals surface area contributed by atoms with Gasteiger partial charge in [0.1, 0.15) is 4.90 Å². The summed E-state index contributed by atoms with van der Waals surface area (Å²) in [7, 11) is -2.61. The number of hydrogen-bond donors (Lipinski definition) is 1. The second-order valence-electron chi connectivity index (χ2n) is 4.20. The third-order valence-corrected chi connectivity index (χ3v) is 5.46. The van der Waals surface area contributed by atoms with Crippen LogP contribution in [-0.2, 0) is 16.6 Å². The van der Waals surface area contributed by atoms with Gasteiger partial charge in [-0.15, -0.1) is 0 Å². The van der Waals surface area contributed by atoms with E-state index in [2.05, 4.69) is 0 Å². The number of anilines is 1. The van der Waals surface area contributed by atoms with Crippen LogP contribution in [0, 0.1) is 5.82 Å². The van der Waals surface area contributed by atoms with Crippen LogP contribution in [0.5, 0.6) is 0 Å². The molecular formula is C12H12ClFN2O2S2. The van der Waals surface area contributed by atoms with Gasteiger partial charge in [-0.25, -0.2) is 12.8 Å². The molecule has 0 aliphatic carbocycles. The zero-order valence-electron chi connectivity index (χ0n) is 10.5. The summed E-state index contributed by atoms with van der Waals surface area (Å²) < 4.78 is 39.7. The third kappa shape index (κ3) is 2.95. The molecule has 0 bridgehead atoms. The summed E-state index contributed by atoms with van der Waals surface area (Å²) in [6, 6.07) is 4.04. The first-order valence-corrected chi connectivity index (χ1v) is 8.30. The molecule has 0 fully saturated rings. The van der Waals surface area contributed by atoms with E-state index in [0.29, 0.717) is 0 Å². The van der Waals surface area contributed by atoms with E-state index in [9.17, 15) is 12.8 Å². The number of benzene rings is 1.